The Morgan fingerprint density at radius 3 is 2.00 bits per heavy atom. The third-order valence-corrected chi connectivity index (χ3v) is 5.53. The molecule has 1 saturated heterocycles. The van der Waals surface area contributed by atoms with E-state index in [9.17, 15) is 31.1 Å². The van der Waals surface area contributed by atoms with Crippen LogP contribution >= 0.6 is 0 Å². The lowest BCUT2D eigenvalue weighted by Gasteiger charge is -2.29. The quantitative estimate of drug-likeness (QED) is 0.176. The van der Waals surface area contributed by atoms with Gasteiger partial charge in [-0.15, -0.1) is 0 Å². The minimum absolute atomic E-state index is 0.0419. The van der Waals surface area contributed by atoms with Crippen LogP contribution in [0.2, 0.25) is 0 Å². The van der Waals surface area contributed by atoms with Gasteiger partial charge in [0, 0.05) is 23.1 Å². The van der Waals surface area contributed by atoms with Crippen molar-refractivity contribution in [2.45, 2.75) is 19.6 Å². The SMILES string of the molecule is CCC1COC(c2cc(F)c(C(=O)Oc3ccc(-c4cc(F)c(F)c(F)c4)c(F)c3)c(F)c2)OC1. The van der Waals surface area contributed by atoms with Crippen molar-refractivity contribution in [2.75, 3.05) is 13.2 Å². The predicted octanol–water partition coefficient (Wildman–Crippen LogP) is 6.48. The zero-order valence-electron chi connectivity index (χ0n) is 18.2. The van der Waals surface area contributed by atoms with Crippen molar-refractivity contribution in [3.8, 4) is 16.9 Å². The molecular formula is C25H18F6O4. The molecule has 10 heteroatoms. The van der Waals surface area contributed by atoms with Crippen LogP contribution in [-0.2, 0) is 9.47 Å². The maximum atomic E-state index is 14.6. The molecule has 0 aromatic heterocycles. The molecule has 0 N–H and O–H groups in total. The fourth-order valence-electron chi connectivity index (χ4n) is 3.56. The summed E-state index contributed by atoms with van der Waals surface area (Å²) in [6, 6.07) is 5.71. The van der Waals surface area contributed by atoms with E-state index in [1.165, 1.54) is 0 Å². The number of rotatable bonds is 5. The smallest absolute Gasteiger partial charge is 0.349 e. The minimum atomic E-state index is -1.71. The second-order valence-corrected chi connectivity index (χ2v) is 7.92. The first kappa shape index (κ1) is 24.7. The summed E-state index contributed by atoms with van der Waals surface area (Å²) in [6.45, 7) is 2.67. The van der Waals surface area contributed by atoms with Gasteiger partial charge in [0.25, 0.3) is 0 Å². The summed E-state index contributed by atoms with van der Waals surface area (Å²) in [5, 5.41) is 0. The Morgan fingerprint density at radius 1 is 0.857 bits per heavy atom. The van der Waals surface area contributed by atoms with Gasteiger partial charge in [-0.25, -0.2) is 31.1 Å². The monoisotopic (exact) mass is 496 g/mol. The van der Waals surface area contributed by atoms with Crippen molar-refractivity contribution in [1.82, 2.24) is 0 Å². The van der Waals surface area contributed by atoms with Gasteiger partial charge >= 0.3 is 5.97 Å². The van der Waals surface area contributed by atoms with Crippen LogP contribution in [0.3, 0.4) is 0 Å². The van der Waals surface area contributed by atoms with E-state index in [1.807, 2.05) is 6.92 Å². The summed E-state index contributed by atoms with van der Waals surface area (Å²) < 4.78 is 99.6. The van der Waals surface area contributed by atoms with Crippen LogP contribution in [0.4, 0.5) is 26.3 Å². The van der Waals surface area contributed by atoms with Crippen LogP contribution in [0.25, 0.3) is 11.1 Å². The fourth-order valence-corrected chi connectivity index (χ4v) is 3.56. The molecular weight excluding hydrogens is 478 g/mol. The van der Waals surface area contributed by atoms with Gasteiger partial charge < -0.3 is 14.2 Å². The molecule has 0 aliphatic carbocycles. The molecule has 0 bridgehead atoms. The van der Waals surface area contributed by atoms with E-state index in [2.05, 4.69) is 0 Å². The van der Waals surface area contributed by atoms with E-state index in [1.54, 1.807) is 0 Å². The molecule has 0 amide bonds. The highest BCUT2D eigenvalue weighted by Crippen LogP contribution is 2.31. The Morgan fingerprint density at radius 2 is 1.46 bits per heavy atom. The van der Waals surface area contributed by atoms with Crippen LogP contribution in [0, 0.1) is 40.8 Å². The van der Waals surface area contributed by atoms with Crippen molar-refractivity contribution in [2.24, 2.45) is 5.92 Å². The number of carbonyl (C=O) groups excluding carboxylic acids is 1. The van der Waals surface area contributed by atoms with Crippen molar-refractivity contribution < 1.29 is 45.3 Å². The van der Waals surface area contributed by atoms with Gasteiger partial charge in [-0.05, 0) is 48.4 Å². The molecule has 0 unspecified atom stereocenters. The lowest BCUT2D eigenvalue weighted by molar-refractivity contribution is -0.205. The van der Waals surface area contributed by atoms with Gasteiger partial charge in [0.1, 0.15) is 28.8 Å². The van der Waals surface area contributed by atoms with E-state index in [-0.39, 0.29) is 22.6 Å². The number of esters is 1. The Bertz CT molecular complexity index is 1220. The summed E-state index contributed by atoms with van der Waals surface area (Å²) in [4.78, 5) is 12.4. The number of halogens is 6. The third-order valence-electron chi connectivity index (χ3n) is 5.53. The van der Waals surface area contributed by atoms with Gasteiger partial charge in [-0.1, -0.05) is 6.92 Å². The highest BCUT2D eigenvalue weighted by atomic mass is 19.2. The lowest BCUT2D eigenvalue weighted by Crippen LogP contribution is -2.27. The summed E-state index contributed by atoms with van der Waals surface area (Å²) in [7, 11) is 0. The van der Waals surface area contributed by atoms with Gasteiger partial charge in [-0.2, -0.15) is 0 Å². The van der Waals surface area contributed by atoms with E-state index in [4.69, 9.17) is 14.2 Å². The van der Waals surface area contributed by atoms with Crippen molar-refractivity contribution in [1.29, 1.82) is 0 Å². The summed E-state index contributed by atoms with van der Waals surface area (Å²) in [6.07, 6.45) is -0.172. The fraction of sp³-hybridized carbons (Fsp3) is 0.240. The number of ether oxygens (including phenoxy) is 3. The van der Waals surface area contributed by atoms with E-state index in [0.717, 1.165) is 30.7 Å². The third kappa shape index (κ3) is 5.18. The van der Waals surface area contributed by atoms with Crippen molar-refractivity contribution >= 4 is 5.97 Å². The first-order chi connectivity index (χ1) is 16.7. The summed E-state index contributed by atoms with van der Waals surface area (Å²) in [5.41, 5.74) is -1.59. The van der Waals surface area contributed by atoms with Gasteiger partial charge in [0.2, 0.25) is 0 Å². The zero-order chi connectivity index (χ0) is 25.3. The van der Waals surface area contributed by atoms with Crippen molar-refractivity contribution in [3.05, 3.63) is 88.5 Å². The van der Waals surface area contributed by atoms with E-state index >= 15 is 0 Å². The van der Waals surface area contributed by atoms with Crippen LogP contribution in [0.1, 0.15) is 35.6 Å². The Kier molecular flexibility index (Phi) is 7.13. The Balaban J connectivity index is 1.52. The molecule has 0 spiro atoms. The largest absolute Gasteiger partial charge is 0.423 e. The molecule has 35 heavy (non-hydrogen) atoms. The molecule has 1 fully saturated rings. The van der Waals surface area contributed by atoms with Crippen molar-refractivity contribution in [3.63, 3.8) is 0 Å². The van der Waals surface area contributed by atoms with E-state index < -0.39 is 58.5 Å². The number of hydrogen-bond acceptors (Lipinski definition) is 4. The lowest BCUT2D eigenvalue weighted by atomic mass is 10.0. The maximum Gasteiger partial charge on any atom is 0.349 e. The predicted molar refractivity (Wildman–Crippen MR) is 111 cm³/mol. The van der Waals surface area contributed by atoms with Gasteiger partial charge in [-0.3, -0.25) is 0 Å². The van der Waals surface area contributed by atoms with Crippen LogP contribution in [0.5, 0.6) is 5.75 Å². The minimum Gasteiger partial charge on any atom is -0.423 e. The number of benzene rings is 3. The average Bonchev–Trinajstić information content (AvgIpc) is 2.82. The molecule has 3 aromatic carbocycles. The summed E-state index contributed by atoms with van der Waals surface area (Å²) >= 11 is 0. The first-order valence-electron chi connectivity index (χ1n) is 10.6. The topological polar surface area (TPSA) is 44.8 Å². The summed E-state index contributed by atoms with van der Waals surface area (Å²) in [5.74, 6) is -9.97. The van der Waals surface area contributed by atoms with Crippen LogP contribution in [0.15, 0.2) is 42.5 Å². The highest BCUT2D eigenvalue weighted by Gasteiger charge is 2.27. The molecule has 1 aliphatic heterocycles. The second kappa shape index (κ2) is 10.1. The molecule has 1 heterocycles. The standard InChI is InChI=1S/C25H18F6O4/c1-2-12-10-33-25(34-11-12)14-7-18(27)22(19(28)8-14)24(32)35-15-3-4-16(17(26)9-15)13-5-20(29)23(31)21(30)6-13/h3-9,12,25H,2,10-11H2,1H3. The van der Waals surface area contributed by atoms with E-state index in [0.29, 0.717) is 31.4 Å². The average molecular weight is 496 g/mol. The second-order valence-electron chi connectivity index (χ2n) is 7.92. The zero-order valence-corrected chi connectivity index (χ0v) is 18.2. The van der Waals surface area contributed by atoms with Crippen LogP contribution < -0.4 is 4.74 Å². The molecule has 3 aromatic rings. The molecule has 0 atom stereocenters. The molecule has 1 aliphatic rings. The normalized spacial score (nSPS) is 17.9. The Hall–Kier alpha value is -3.37. The molecule has 4 nitrogen and oxygen atoms in total. The van der Waals surface area contributed by atoms with Gasteiger partial charge in [0.15, 0.2) is 23.7 Å². The first-order valence-corrected chi connectivity index (χ1v) is 10.6. The number of hydrogen-bond donors (Lipinski definition) is 0. The molecule has 0 radical (unpaired) electrons. The van der Waals surface area contributed by atoms with Gasteiger partial charge in [0.05, 0.1) is 13.2 Å². The number of carbonyl (C=O) groups is 1. The highest BCUT2D eigenvalue weighted by molar-refractivity contribution is 5.91. The molecule has 0 saturated carbocycles. The molecule has 184 valence electrons. The maximum absolute atomic E-state index is 14.6. The Labute approximate surface area is 196 Å². The molecule has 4 rings (SSSR count). The van der Waals surface area contributed by atoms with Crippen LogP contribution in [-0.4, -0.2) is 19.2 Å².